The lowest BCUT2D eigenvalue weighted by Crippen LogP contribution is -2.25. The number of ether oxygens (including phenoxy) is 2. The molecule has 5 rings (SSSR count). The van der Waals surface area contributed by atoms with Crippen LogP contribution in [0.25, 0.3) is 0 Å². The van der Waals surface area contributed by atoms with E-state index in [2.05, 4.69) is 50.7 Å². The fourth-order valence-corrected chi connectivity index (χ4v) is 4.96. The fraction of sp³-hybridized carbons (Fsp3) is 0.129. The summed E-state index contributed by atoms with van der Waals surface area (Å²) in [6, 6.07) is 32.2. The van der Waals surface area contributed by atoms with Crippen LogP contribution in [0.5, 0.6) is 11.5 Å². The van der Waals surface area contributed by atoms with Crippen LogP contribution in [0.15, 0.2) is 113 Å². The van der Waals surface area contributed by atoms with Gasteiger partial charge in [-0.05, 0) is 65.6 Å². The fourth-order valence-electron chi connectivity index (χ4n) is 4.70. The van der Waals surface area contributed by atoms with E-state index >= 15 is 0 Å². The number of benzene rings is 4. The Balaban J connectivity index is 1.26. The van der Waals surface area contributed by atoms with Crippen molar-refractivity contribution in [1.29, 1.82) is 0 Å². The van der Waals surface area contributed by atoms with E-state index in [0.29, 0.717) is 23.3 Å². The van der Waals surface area contributed by atoms with Gasteiger partial charge in [-0.1, -0.05) is 76.6 Å². The molecule has 1 aliphatic carbocycles. The molecule has 190 valence electrons. The molecule has 0 spiro atoms. The van der Waals surface area contributed by atoms with Gasteiger partial charge < -0.3 is 9.47 Å². The molecule has 0 bridgehead atoms. The Morgan fingerprint density at radius 2 is 1.53 bits per heavy atom. The predicted molar refractivity (Wildman–Crippen MR) is 150 cm³/mol. The Bertz CT molecular complexity index is 1430. The Morgan fingerprint density at radius 1 is 0.895 bits per heavy atom. The normalized spacial score (nSPS) is 15.6. The van der Waals surface area contributed by atoms with Crippen molar-refractivity contribution < 1.29 is 19.1 Å². The van der Waals surface area contributed by atoms with Gasteiger partial charge in [-0.15, -0.1) is 0 Å². The SMILES string of the molecule is COc1cc(/C=N\NC(=O)[C@H]2CC2(c2ccccc2)c2ccccc2)ccc1OC(=O)c1ccc(Br)cc1. The van der Waals surface area contributed by atoms with Crippen molar-refractivity contribution in [3.05, 3.63) is 130 Å². The zero-order chi connectivity index (χ0) is 26.5. The van der Waals surface area contributed by atoms with Crippen LogP contribution >= 0.6 is 15.9 Å². The number of hydrazone groups is 1. The first-order chi connectivity index (χ1) is 18.5. The molecule has 4 aromatic rings. The second kappa shape index (κ2) is 11.0. The summed E-state index contributed by atoms with van der Waals surface area (Å²) in [6.45, 7) is 0. The minimum atomic E-state index is -0.491. The van der Waals surface area contributed by atoms with Crippen LogP contribution in [0.4, 0.5) is 0 Å². The molecular formula is C31H25BrN2O4. The highest BCUT2D eigenvalue weighted by atomic mass is 79.9. The molecule has 0 saturated heterocycles. The number of carbonyl (C=O) groups excluding carboxylic acids is 2. The first-order valence-corrected chi connectivity index (χ1v) is 12.9. The van der Waals surface area contributed by atoms with E-state index in [-0.39, 0.29) is 23.0 Å². The summed E-state index contributed by atoms with van der Waals surface area (Å²) in [5.74, 6) is -0.190. The number of halogens is 1. The molecule has 1 saturated carbocycles. The molecule has 0 radical (unpaired) electrons. The topological polar surface area (TPSA) is 77.0 Å². The Hall–Kier alpha value is -4.23. The number of methoxy groups -OCH3 is 1. The second-order valence-electron chi connectivity index (χ2n) is 9.00. The second-order valence-corrected chi connectivity index (χ2v) is 9.92. The van der Waals surface area contributed by atoms with Gasteiger partial charge in [0.1, 0.15) is 0 Å². The molecule has 0 heterocycles. The average Bonchev–Trinajstić information content (AvgIpc) is 3.72. The maximum atomic E-state index is 13.1. The van der Waals surface area contributed by atoms with Gasteiger partial charge >= 0.3 is 5.97 Å². The highest BCUT2D eigenvalue weighted by Gasteiger charge is 2.60. The summed E-state index contributed by atoms with van der Waals surface area (Å²) in [6.07, 6.45) is 2.25. The molecule has 1 aliphatic rings. The molecule has 7 heteroatoms. The van der Waals surface area contributed by atoms with Crippen molar-refractivity contribution in [2.45, 2.75) is 11.8 Å². The van der Waals surface area contributed by atoms with Crippen LogP contribution in [0, 0.1) is 5.92 Å². The van der Waals surface area contributed by atoms with Gasteiger partial charge in [-0.2, -0.15) is 5.10 Å². The Morgan fingerprint density at radius 3 is 2.13 bits per heavy atom. The lowest BCUT2D eigenvalue weighted by Gasteiger charge is -2.18. The van der Waals surface area contributed by atoms with Gasteiger partial charge in [0.15, 0.2) is 11.5 Å². The van der Waals surface area contributed by atoms with Crippen LogP contribution in [0.1, 0.15) is 33.5 Å². The molecule has 0 aromatic heterocycles. The number of nitrogens with one attached hydrogen (secondary N) is 1. The monoisotopic (exact) mass is 568 g/mol. The molecule has 0 unspecified atom stereocenters. The number of rotatable bonds is 8. The lowest BCUT2D eigenvalue weighted by atomic mass is 9.85. The maximum absolute atomic E-state index is 13.1. The van der Waals surface area contributed by atoms with Gasteiger partial charge in [-0.3, -0.25) is 4.79 Å². The predicted octanol–water partition coefficient (Wildman–Crippen LogP) is 6.13. The molecule has 6 nitrogen and oxygen atoms in total. The van der Waals surface area contributed by atoms with E-state index in [1.807, 2.05) is 36.4 Å². The van der Waals surface area contributed by atoms with Crippen LogP contribution in [-0.4, -0.2) is 25.2 Å². The molecular weight excluding hydrogens is 544 g/mol. The van der Waals surface area contributed by atoms with Gasteiger partial charge in [0.25, 0.3) is 0 Å². The molecule has 0 aliphatic heterocycles. The van der Waals surface area contributed by atoms with Crippen molar-refractivity contribution in [2.75, 3.05) is 7.11 Å². The molecule has 4 aromatic carbocycles. The summed E-state index contributed by atoms with van der Waals surface area (Å²) in [7, 11) is 1.49. The number of nitrogens with zero attached hydrogens (tertiary/aromatic N) is 1. The van der Waals surface area contributed by atoms with Crippen molar-refractivity contribution in [3.63, 3.8) is 0 Å². The molecule has 1 fully saturated rings. The zero-order valence-electron chi connectivity index (χ0n) is 20.6. The lowest BCUT2D eigenvalue weighted by molar-refractivity contribution is -0.122. The third kappa shape index (κ3) is 5.24. The van der Waals surface area contributed by atoms with E-state index in [4.69, 9.17) is 9.47 Å². The van der Waals surface area contributed by atoms with Crippen molar-refractivity contribution in [2.24, 2.45) is 11.0 Å². The van der Waals surface area contributed by atoms with Gasteiger partial charge in [0, 0.05) is 9.89 Å². The summed E-state index contributed by atoms with van der Waals surface area (Å²) in [4.78, 5) is 25.6. The minimum Gasteiger partial charge on any atom is -0.493 e. The highest BCUT2D eigenvalue weighted by molar-refractivity contribution is 9.10. The molecule has 1 amide bonds. The van der Waals surface area contributed by atoms with Crippen LogP contribution in [0.3, 0.4) is 0 Å². The molecule has 1 N–H and O–H groups in total. The quantitative estimate of drug-likeness (QED) is 0.120. The first-order valence-electron chi connectivity index (χ1n) is 12.1. The van der Waals surface area contributed by atoms with E-state index in [9.17, 15) is 9.59 Å². The molecule has 1 atom stereocenters. The Labute approximate surface area is 229 Å². The Kier molecular flexibility index (Phi) is 7.38. The van der Waals surface area contributed by atoms with Crippen molar-refractivity contribution in [1.82, 2.24) is 5.43 Å². The van der Waals surface area contributed by atoms with E-state index in [1.165, 1.54) is 13.3 Å². The maximum Gasteiger partial charge on any atom is 0.343 e. The number of amides is 1. The third-order valence-corrected chi connectivity index (χ3v) is 7.24. The summed E-state index contributed by atoms with van der Waals surface area (Å²) in [5, 5.41) is 4.19. The highest BCUT2D eigenvalue weighted by Crippen LogP contribution is 2.58. The minimum absolute atomic E-state index is 0.138. The van der Waals surface area contributed by atoms with E-state index in [1.54, 1.807) is 42.5 Å². The summed E-state index contributed by atoms with van der Waals surface area (Å²) in [5.41, 5.74) is 5.68. The summed E-state index contributed by atoms with van der Waals surface area (Å²) >= 11 is 3.35. The smallest absolute Gasteiger partial charge is 0.343 e. The standard InChI is InChI=1S/C31H25BrN2O4/c1-37-28-18-21(12-17-27(28)38-30(36)22-13-15-25(32)16-14-22)20-33-34-29(35)26-19-31(26,23-8-4-2-5-9-23)24-10-6-3-7-11-24/h2-18,20,26H,19H2,1H3,(H,34,35)/b33-20-/t26-/m1/s1. The number of carbonyl (C=O) groups is 2. The van der Waals surface area contributed by atoms with Crippen molar-refractivity contribution >= 4 is 34.0 Å². The van der Waals surface area contributed by atoms with E-state index in [0.717, 1.165) is 15.6 Å². The van der Waals surface area contributed by atoms with Crippen LogP contribution in [-0.2, 0) is 10.2 Å². The third-order valence-electron chi connectivity index (χ3n) is 6.71. The summed E-state index contributed by atoms with van der Waals surface area (Å²) < 4.78 is 11.8. The molecule has 38 heavy (non-hydrogen) atoms. The largest absolute Gasteiger partial charge is 0.493 e. The number of esters is 1. The van der Waals surface area contributed by atoms with Crippen molar-refractivity contribution in [3.8, 4) is 11.5 Å². The zero-order valence-corrected chi connectivity index (χ0v) is 22.2. The van der Waals surface area contributed by atoms with Gasteiger partial charge in [0.2, 0.25) is 5.91 Å². The van der Waals surface area contributed by atoms with Crippen LogP contribution in [0.2, 0.25) is 0 Å². The van der Waals surface area contributed by atoms with Gasteiger partial charge in [0.05, 0.1) is 24.8 Å². The van der Waals surface area contributed by atoms with Crippen LogP contribution < -0.4 is 14.9 Å². The van der Waals surface area contributed by atoms with Gasteiger partial charge in [-0.25, -0.2) is 10.2 Å². The average molecular weight is 569 g/mol. The number of hydrogen-bond donors (Lipinski definition) is 1. The first kappa shape index (κ1) is 25.4. The van der Waals surface area contributed by atoms with E-state index < -0.39 is 5.97 Å². The number of hydrogen-bond acceptors (Lipinski definition) is 5.